The number of ether oxygens (including phenoxy) is 1. The van der Waals surface area contributed by atoms with Crippen LogP contribution in [0.5, 0.6) is 5.75 Å². The van der Waals surface area contributed by atoms with E-state index in [9.17, 15) is 4.79 Å². The fourth-order valence-corrected chi connectivity index (χ4v) is 2.31. The maximum absolute atomic E-state index is 12.3. The lowest BCUT2D eigenvalue weighted by Gasteiger charge is -2.19. The number of nitrogens with one attached hydrogen (secondary N) is 1. The van der Waals surface area contributed by atoms with Crippen LogP contribution in [0.4, 0.5) is 5.82 Å². The lowest BCUT2D eigenvalue weighted by molar-refractivity contribution is 0.0945. The number of benzene rings is 1. The summed E-state index contributed by atoms with van der Waals surface area (Å²) in [5.74, 6) is 1.28. The van der Waals surface area contributed by atoms with Crippen molar-refractivity contribution in [3.63, 3.8) is 0 Å². The SMILES string of the molecule is CCN(CC)c1cc(C(=O)NCc2ccccc2OC)ncn1. The Hall–Kier alpha value is -2.63. The molecule has 1 heterocycles. The number of carbonyl (C=O) groups excluding carboxylic acids is 1. The van der Waals surface area contributed by atoms with E-state index >= 15 is 0 Å². The highest BCUT2D eigenvalue weighted by atomic mass is 16.5. The van der Waals surface area contributed by atoms with E-state index in [1.807, 2.05) is 38.1 Å². The molecule has 2 aromatic rings. The third-order valence-corrected chi connectivity index (χ3v) is 3.60. The number of aromatic nitrogens is 2. The average molecular weight is 314 g/mol. The van der Waals surface area contributed by atoms with Gasteiger partial charge >= 0.3 is 0 Å². The van der Waals surface area contributed by atoms with Crippen LogP contribution >= 0.6 is 0 Å². The van der Waals surface area contributed by atoms with Crippen LogP contribution in [0.15, 0.2) is 36.7 Å². The number of hydrogen-bond donors (Lipinski definition) is 1. The zero-order valence-corrected chi connectivity index (χ0v) is 13.7. The molecule has 1 amide bonds. The van der Waals surface area contributed by atoms with Gasteiger partial charge in [0.05, 0.1) is 7.11 Å². The van der Waals surface area contributed by atoms with Gasteiger partial charge in [-0.15, -0.1) is 0 Å². The van der Waals surface area contributed by atoms with E-state index in [1.165, 1.54) is 6.33 Å². The van der Waals surface area contributed by atoms with Gasteiger partial charge in [-0.25, -0.2) is 9.97 Å². The predicted octanol–water partition coefficient (Wildman–Crippen LogP) is 2.26. The fraction of sp³-hybridized carbons (Fsp3) is 0.353. The van der Waals surface area contributed by atoms with Crippen LogP contribution in [0.2, 0.25) is 0 Å². The number of amides is 1. The van der Waals surface area contributed by atoms with Gasteiger partial charge in [-0.3, -0.25) is 4.79 Å². The van der Waals surface area contributed by atoms with Crippen molar-refractivity contribution in [2.75, 3.05) is 25.1 Å². The van der Waals surface area contributed by atoms with Crippen molar-refractivity contribution in [2.24, 2.45) is 0 Å². The lowest BCUT2D eigenvalue weighted by Crippen LogP contribution is -2.26. The molecule has 0 aliphatic rings. The van der Waals surface area contributed by atoms with E-state index in [0.29, 0.717) is 12.2 Å². The zero-order valence-electron chi connectivity index (χ0n) is 13.7. The molecule has 0 fully saturated rings. The van der Waals surface area contributed by atoms with Crippen molar-refractivity contribution >= 4 is 11.7 Å². The second-order valence-corrected chi connectivity index (χ2v) is 4.93. The first kappa shape index (κ1) is 16.7. The summed E-state index contributed by atoms with van der Waals surface area (Å²) in [6.45, 7) is 6.14. The summed E-state index contributed by atoms with van der Waals surface area (Å²) in [7, 11) is 1.61. The first-order chi connectivity index (χ1) is 11.2. The van der Waals surface area contributed by atoms with E-state index in [1.54, 1.807) is 13.2 Å². The normalized spacial score (nSPS) is 10.2. The number of rotatable bonds is 7. The monoisotopic (exact) mass is 314 g/mol. The first-order valence-corrected chi connectivity index (χ1v) is 7.66. The molecule has 1 aromatic carbocycles. The van der Waals surface area contributed by atoms with E-state index in [0.717, 1.165) is 30.2 Å². The number of anilines is 1. The van der Waals surface area contributed by atoms with Gasteiger partial charge < -0.3 is 15.0 Å². The number of methoxy groups -OCH3 is 1. The van der Waals surface area contributed by atoms with Gasteiger partial charge in [-0.2, -0.15) is 0 Å². The van der Waals surface area contributed by atoms with E-state index in [-0.39, 0.29) is 5.91 Å². The molecule has 0 saturated heterocycles. The van der Waals surface area contributed by atoms with Gasteiger partial charge in [0.25, 0.3) is 5.91 Å². The first-order valence-electron chi connectivity index (χ1n) is 7.66. The van der Waals surface area contributed by atoms with E-state index in [4.69, 9.17) is 4.74 Å². The van der Waals surface area contributed by atoms with Gasteiger partial charge in [-0.1, -0.05) is 18.2 Å². The Morgan fingerprint density at radius 3 is 2.65 bits per heavy atom. The molecule has 0 unspecified atom stereocenters. The molecule has 6 nitrogen and oxygen atoms in total. The molecule has 1 N–H and O–H groups in total. The molecule has 1 aromatic heterocycles. The molecule has 0 radical (unpaired) electrons. The van der Waals surface area contributed by atoms with Crippen molar-refractivity contribution in [2.45, 2.75) is 20.4 Å². The van der Waals surface area contributed by atoms with Crippen molar-refractivity contribution in [1.82, 2.24) is 15.3 Å². The van der Waals surface area contributed by atoms with Crippen LogP contribution in [-0.4, -0.2) is 36.1 Å². The Kier molecular flexibility index (Phi) is 5.91. The number of para-hydroxylation sites is 1. The highest BCUT2D eigenvalue weighted by molar-refractivity contribution is 5.92. The molecule has 2 rings (SSSR count). The molecule has 0 atom stereocenters. The molecule has 0 aliphatic heterocycles. The Labute approximate surface area is 136 Å². The molecule has 0 saturated carbocycles. The van der Waals surface area contributed by atoms with Gasteiger partial charge in [0.1, 0.15) is 23.6 Å². The summed E-state index contributed by atoms with van der Waals surface area (Å²) >= 11 is 0. The summed E-state index contributed by atoms with van der Waals surface area (Å²) in [5.41, 5.74) is 1.28. The van der Waals surface area contributed by atoms with Gasteiger partial charge in [0.2, 0.25) is 0 Å². The smallest absolute Gasteiger partial charge is 0.270 e. The topological polar surface area (TPSA) is 67.4 Å². The molecule has 0 aliphatic carbocycles. The van der Waals surface area contributed by atoms with Crippen molar-refractivity contribution < 1.29 is 9.53 Å². The summed E-state index contributed by atoms with van der Waals surface area (Å²) < 4.78 is 5.28. The number of hydrogen-bond acceptors (Lipinski definition) is 5. The average Bonchev–Trinajstić information content (AvgIpc) is 2.61. The van der Waals surface area contributed by atoms with Crippen molar-refractivity contribution in [3.05, 3.63) is 47.9 Å². The van der Waals surface area contributed by atoms with Crippen molar-refractivity contribution in [1.29, 1.82) is 0 Å². The Morgan fingerprint density at radius 2 is 1.96 bits per heavy atom. The maximum Gasteiger partial charge on any atom is 0.270 e. The van der Waals surface area contributed by atoms with Crippen LogP contribution < -0.4 is 15.0 Å². The third-order valence-electron chi connectivity index (χ3n) is 3.60. The maximum atomic E-state index is 12.3. The van der Waals surface area contributed by atoms with E-state index in [2.05, 4.69) is 20.2 Å². The molecule has 23 heavy (non-hydrogen) atoms. The van der Waals surface area contributed by atoms with Crippen molar-refractivity contribution in [3.8, 4) is 5.75 Å². The van der Waals surface area contributed by atoms with Crippen LogP contribution in [0.1, 0.15) is 29.9 Å². The minimum absolute atomic E-state index is 0.230. The Morgan fingerprint density at radius 1 is 1.22 bits per heavy atom. The highest BCUT2D eigenvalue weighted by Gasteiger charge is 2.12. The quantitative estimate of drug-likeness (QED) is 0.849. The Balaban J connectivity index is 2.07. The molecule has 0 bridgehead atoms. The lowest BCUT2D eigenvalue weighted by atomic mass is 10.2. The fourth-order valence-electron chi connectivity index (χ4n) is 2.31. The Bertz CT molecular complexity index is 657. The van der Waals surface area contributed by atoms with Gasteiger partial charge in [-0.05, 0) is 19.9 Å². The molecular formula is C17H22N4O2. The minimum atomic E-state index is -0.230. The highest BCUT2D eigenvalue weighted by Crippen LogP contribution is 2.17. The minimum Gasteiger partial charge on any atom is -0.496 e. The zero-order chi connectivity index (χ0) is 16.7. The third kappa shape index (κ3) is 4.18. The van der Waals surface area contributed by atoms with Crippen LogP contribution in [0, 0.1) is 0 Å². The standard InChI is InChI=1S/C17H22N4O2/c1-4-21(5-2)16-10-14(19-12-20-16)17(22)18-11-13-8-6-7-9-15(13)23-3/h6-10,12H,4-5,11H2,1-3H3,(H,18,22). The molecule has 6 heteroatoms. The largest absolute Gasteiger partial charge is 0.496 e. The summed E-state index contributed by atoms with van der Waals surface area (Å²) in [4.78, 5) is 22.7. The second kappa shape index (κ2) is 8.12. The number of carbonyl (C=O) groups is 1. The molecule has 122 valence electrons. The summed E-state index contributed by atoms with van der Waals surface area (Å²) in [6.07, 6.45) is 1.42. The molecular weight excluding hydrogens is 292 g/mol. The van der Waals surface area contributed by atoms with Crippen LogP contribution in [-0.2, 0) is 6.54 Å². The van der Waals surface area contributed by atoms with Gasteiger partial charge in [0.15, 0.2) is 0 Å². The summed E-state index contributed by atoms with van der Waals surface area (Å²) in [6, 6.07) is 9.30. The van der Waals surface area contributed by atoms with Crippen LogP contribution in [0.3, 0.4) is 0 Å². The number of nitrogens with zero attached hydrogens (tertiary/aromatic N) is 3. The summed E-state index contributed by atoms with van der Waals surface area (Å²) in [5, 5.41) is 2.86. The van der Waals surface area contributed by atoms with Gasteiger partial charge in [0, 0.05) is 31.3 Å². The predicted molar refractivity (Wildman–Crippen MR) is 89.8 cm³/mol. The van der Waals surface area contributed by atoms with E-state index < -0.39 is 0 Å². The van der Waals surface area contributed by atoms with Crippen LogP contribution in [0.25, 0.3) is 0 Å². The second-order valence-electron chi connectivity index (χ2n) is 4.93. The molecule has 0 spiro atoms.